The molecule has 6 aromatic heterocycles. The molecule has 816 valence electrons. The fourth-order valence-electron chi connectivity index (χ4n) is 12.2. The number of allylic oxidation sites excluding steroid dienone is 2. The van der Waals surface area contributed by atoms with Crippen LogP contribution in [0.1, 0.15) is 166 Å². The highest BCUT2D eigenvalue weighted by atomic mass is 32.2. The lowest BCUT2D eigenvalue weighted by atomic mass is 10.1. The van der Waals surface area contributed by atoms with Gasteiger partial charge < -0.3 is 93.5 Å². The van der Waals surface area contributed by atoms with Crippen LogP contribution in [0.4, 0.5) is 54.4 Å². The minimum absolute atomic E-state index is 0.0619. The Morgan fingerprint density at radius 2 is 1.07 bits per heavy atom. The number of imide groups is 3. The summed E-state index contributed by atoms with van der Waals surface area (Å²) < 4.78 is 33.7. The molecule has 1 aromatic carbocycles. The first-order valence-electron chi connectivity index (χ1n) is 46.6. The number of carbonyl (C=O) groups excluding carboxylic acids is 10. The summed E-state index contributed by atoms with van der Waals surface area (Å²) in [6, 6.07) is -0.185. The molecule has 5 aliphatic rings. The maximum absolute atomic E-state index is 11.4. The molecule has 3 atom stereocenters. The number of tetrazole rings is 2. The Kier molecular flexibility index (Phi) is 63.4. The lowest BCUT2D eigenvalue weighted by molar-refractivity contribution is -0.126. The second kappa shape index (κ2) is 71.3. The smallest absolute Gasteiger partial charge is 0.324 e. The van der Waals surface area contributed by atoms with Gasteiger partial charge in [0.1, 0.15) is 29.3 Å². The Morgan fingerprint density at radius 3 is 1.54 bits per heavy atom. The number of Topliss-reactive ketones (excluding diaryl/α,β-unsaturated/α-hetero) is 1. The monoisotopic (exact) mass is 2140 g/mol. The van der Waals surface area contributed by atoms with E-state index in [9.17, 15) is 71.6 Å². The number of nitrogens with one attached hydrogen (secondary N) is 12. The Labute approximate surface area is 863 Å². The second-order valence-corrected chi connectivity index (χ2v) is 34.5. The molecule has 12 rings (SSSR count). The number of aliphatic hydroxyl groups is 2. The van der Waals surface area contributed by atoms with Gasteiger partial charge in [-0.1, -0.05) is 98.6 Å². The van der Waals surface area contributed by atoms with Gasteiger partial charge in [-0.2, -0.15) is 34.8 Å². The van der Waals surface area contributed by atoms with E-state index < -0.39 is 69.2 Å². The van der Waals surface area contributed by atoms with E-state index in [1.54, 1.807) is 83.6 Å². The normalized spacial score (nSPS) is 14.3. The number of carbonyl (C=O) groups is 10. The number of aliphatic hydroxyl groups excluding tert-OH is 2. The van der Waals surface area contributed by atoms with E-state index in [1.165, 1.54) is 18.7 Å². The number of ketones is 2. The molecule has 11 amide bonds. The quantitative estimate of drug-likeness (QED) is 0.00794. The summed E-state index contributed by atoms with van der Waals surface area (Å²) in [6.07, 6.45) is 17.1. The summed E-state index contributed by atoms with van der Waals surface area (Å²) in [6.45, 7) is 34.2. The first-order valence-corrected chi connectivity index (χ1v) is 49.4. The molecule has 61 heteroatoms. The van der Waals surface area contributed by atoms with Crippen LogP contribution in [0.15, 0.2) is 86.2 Å². The predicted molar refractivity (Wildman–Crippen MR) is 554 cm³/mol. The number of nitrogens with zero attached hydrogens (tertiary/aromatic N) is 23. The number of aromatic amines is 5. The number of urea groups is 3. The number of aromatic hydroxyl groups is 2. The molecule has 0 radical (unpaired) electrons. The fourth-order valence-corrected chi connectivity index (χ4v) is 13.8. The van der Waals surface area contributed by atoms with Crippen LogP contribution in [-0.2, 0) is 50.9 Å². The van der Waals surface area contributed by atoms with E-state index in [4.69, 9.17) is 53.2 Å². The van der Waals surface area contributed by atoms with Crippen LogP contribution in [0.3, 0.4) is 0 Å². The first-order chi connectivity index (χ1) is 69.2. The zero-order valence-corrected chi connectivity index (χ0v) is 90.5. The van der Waals surface area contributed by atoms with Gasteiger partial charge in [-0.15, -0.1) is 19.7 Å². The second-order valence-electron chi connectivity index (χ2n) is 32.0. The largest absolute Gasteiger partial charge is 0.504 e. The summed E-state index contributed by atoms with van der Waals surface area (Å²) in [5, 5.41) is 87.6. The predicted octanol–water partition coefficient (Wildman–Crippen LogP) is 5.15. The maximum Gasteiger partial charge on any atom is 0.324 e. The lowest BCUT2D eigenvalue weighted by Crippen LogP contribution is -2.44. The summed E-state index contributed by atoms with van der Waals surface area (Å²) in [5.41, 5.74) is 1.60. The zero-order valence-electron chi connectivity index (χ0n) is 87.3. The van der Waals surface area contributed by atoms with Gasteiger partial charge in [-0.3, -0.25) is 89.2 Å². The summed E-state index contributed by atoms with van der Waals surface area (Å²) >= 11 is 9.02. The van der Waals surface area contributed by atoms with E-state index in [1.807, 2.05) is 120 Å². The third-order valence-electron chi connectivity index (χ3n) is 19.3. The molecular formula is C85H145N35O22S4. The molecular weight excluding hydrogens is 1990 g/mol. The molecule has 0 saturated carbocycles. The molecule has 2 fully saturated rings. The Bertz CT molecular complexity index is 5410. The number of rotatable bonds is 36. The van der Waals surface area contributed by atoms with Gasteiger partial charge in [0.25, 0.3) is 45.7 Å². The molecule has 2 saturated heterocycles. The molecule has 4 aliphatic heterocycles. The highest BCUT2D eigenvalue weighted by Gasteiger charge is 2.36. The molecule has 0 spiro atoms. The number of aromatic nitrogens is 15. The molecule has 7 aromatic rings. The standard InChI is InChI=1S/C10H13NO3.C9H13NO3.C8H12N2O3.C8H11NO3.C7H14N6O.C7H13N3O2.C7H12N2O2S.C6H12N6O.C6H12N4S.C6H11N3OS.C6H11N3O.C5H11N3O2S/c1-3-4-11(2)8-5-7(12)6-9(13)10(8)14;1-3-4-10(2)7-5-13-6-8(11)9(7)12;1-3-4-10(2)5-6(11)8(13)9-7(5)12;1-3-4-9(2)5-6(10)8(12)7(5)11;1-3-4-13(2)7(14)8-5-6-9-11-12-10-6;1-3-4-10(2)5-6(11)9-7(12)8-5;1-3-4-9(2)6-5(10)8-7(11)12-6;1-3-4-12(2)6(13)7-5-8-10-11-9-5;1-3-4-10(2)5-7-6(11)9-8-5;1-3-4-9(2)5-7-6(11)10-8-5;1-3-4-9(2)6-7-5-8-10-6;1-3-4-8(2)5-6-10-11(9)7-5/h5-6,13H,3-4H2,1-2H3;5-6,11H,3-4H2,1-2H3;3-4H2,1-2H3,(H2,9,11,12,13);10H,3-4H2,1-2H3;3-5H2,1-2H3,(H,8,14)(H,9,10,11,12);5H,3-4H2,1-2H3,(H2,8,9,11,12);6H,3-4H2,1-2H3,(H,8,10,11);3-4H2,1-2H3,(H2,7,8,9,10,11,13);3-4H2,1-2H3,(H2,7,8,9,11);3-4H2,1-2H3,(H,7,8,11);5H,3-4H2,1-2H3;3-4H2,1-2H3,(H,6,7). The van der Waals surface area contributed by atoms with Crippen molar-refractivity contribution in [3.8, 4) is 11.5 Å². The van der Waals surface area contributed by atoms with E-state index in [0.29, 0.717) is 66.9 Å². The Balaban J connectivity index is 0.000000797. The van der Waals surface area contributed by atoms with E-state index >= 15 is 0 Å². The summed E-state index contributed by atoms with van der Waals surface area (Å²) in [4.78, 5) is 177. The van der Waals surface area contributed by atoms with Crippen molar-refractivity contribution in [3.63, 3.8) is 0 Å². The number of likely N-dealkylation sites (N-methyl/N-ethyl adjacent to an activating group) is 4. The molecule has 3 unspecified atom stereocenters. The van der Waals surface area contributed by atoms with Gasteiger partial charge in [0.05, 0.1) is 12.2 Å². The van der Waals surface area contributed by atoms with Gasteiger partial charge in [0, 0.05) is 148 Å². The van der Waals surface area contributed by atoms with E-state index in [0.717, 1.165) is 159 Å². The van der Waals surface area contributed by atoms with Gasteiger partial charge in [-0.25, -0.2) is 24.1 Å². The van der Waals surface area contributed by atoms with Crippen molar-refractivity contribution in [1.82, 2.24) is 143 Å². The zero-order chi connectivity index (χ0) is 110. The van der Waals surface area contributed by atoms with Crippen molar-refractivity contribution in [2.45, 2.75) is 178 Å². The maximum atomic E-state index is 11.4. The summed E-state index contributed by atoms with van der Waals surface area (Å²) in [5.74, 6) is -1.55. The van der Waals surface area contributed by atoms with Gasteiger partial charge in [-0.05, 0) is 146 Å². The lowest BCUT2D eigenvalue weighted by Gasteiger charge is -2.21. The Hall–Kier alpha value is -14.2. The van der Waals surface area contributed by atoms with E-state index in [2.05, 4.69) is 145 Å². The number of anilines is 6. The number of hydroxylamine groups is 1. The topological polar surface area (TPSA) is 712 Å². The molecule has 146 heavy (non-hydrogen) atoms. The van der Waals surface area contributed by atoms with Crippen molar-refractivity contribution >= 4 is 147 Å². The van der Waals surface area contributed by atoms with Gasteiger partial charge in [0.15, 0.2) is 41.3 Å². The minimum Gasteiger partial charge on any atom is -0.504 e. The van der Waals surface area contributed by atoms with Crippen LogP contribution >= 0.6 is 36.2 Å². The average Bonchev–Trinajstić information content (AvgIpc) is 1.18. The van der Waals surface area contributed by atoms with Crippen molar-refractivity contribution < 1.29 is 90.3 Å². The van der Waals surface area contributed by atoms with Gasteiger partial charge >= 0.3 is 40.2 Å². The van der Waals surface area contributed by atoms with Crippen LogP contribution in [0.5, 0.6) is 11.5 Å². The molecule has 10 heterocycles. The number of amides is 11. The molecule has 1 aliphatic carbocycles. The number of guanidine groups is 1. The number of thioether (sulfide) groups is 1. The fraction of sp³-hybridized carbons (Fsp3) is 0.600. The third kappa shape index (κ3) is 47.6. The van der Waals surface area contributed by atoms with Crippen molar-refractivity contribution in [2.24, 2.45) is 4.40 Å². The molecule has 16 N–H and O–H groups in total. The van der Waals surface area contributed by atoms with Crippen molar-refractivity contribution in [2.75, 3.05) is 193 Å². The minimum atomic E-state index is -1.54. The SMILES string of the molecule is CCCN(C)C(=O)NCc1nn[nH]n1.CCCN(C)C(=O)Nc1nn[nH]n1.CCCN(C)C1=C(O)C(=O)NC1=O.CCCN(C)C1=CC(=O)C=C(O)C1=O.CCCN(C)C1=NS(=O)ON1.CCCN(C)C1NC(=O)NC1=O.CCCN(C)C1SC(=O)NC1=O.CCCN(C)c1c(O)c(=O)c1=O.CCCN(C)c1cocc(O)c1=O.CCCN(C)c1nc(=S)[nH][nH]1.CCCN(C)c1nc(=S)o[nH]1.CCCN(C)c1ncno1. The average molecular weight is 2140 g/mol. The van der Waals surface area contributed by atoms with Crippen LogP contribution in [0.25, 0.3) is 0 Å². The van der Waals surface area contributed by atoms with Crippen LogP contribution in [0.2, 0.25) is 0 Å². The van der Waals surface area contributed by atoms with Gasteiger partial charge in [0.2, 0.25) is 45.3 Å². The Morgan fingerprint density at radius 1 is 0.534 bits per heavy atom. The molecule has 57 nitrogen and oxygen atoms in total. The number of hydrogen-bond donors (Lipinski definition) is 16. The van der Waals surface area contributed by atoms with Crippen LogP contribution in [0, 0.1) is 9.61 Å². The van der Waals surface area contributed by atoms with E-state index in [-0.39, 0.29) is 79.3 Å². The highest BCUT2D eigenvalue weighted by molar-refractivity contribution is 8.15. The summed E-state index contributed by atoms with van der Waals surface area (Å²) in [7, 11) is 21.7. The van der Waals surface area contributed by atoms with Crippen LogP contribution in [-0.4, -0.2) is 375 Å². The molecule has 0 bridgehead atoms. The number of hydrogen-bond acceptors (Lipinski definition) is 46. The highest BCUT2D eigenvalue weighted by Crippen LogP contribution is 2.23. The number of H-pyrrole nitrogens is 5. The first kappa shape index (κ1) is 130. The third-order valence-corrected chi connectivity index (χ3v) is 21.3. The van der Waals surface area contributed by atoms with Crippen molar-refractivity contribution in [1.29, 1.82) is 0 Å². The van der Waals surface area contributed by atoms with Crippen LogP contribution < -0.4 is 78.2 Å². The van der Waals surface area contributed by atoms with Crippen molar-refractivity contribution in [3.05, 3.63) is 100 Å².